The number of carbonyl (C=O) groups is 1. The van der Waals surface area contributed by atoms with Gasteiger partial charge in [-0.1, -0.05) is 18.6 Å². The van der Waals surface area contributed by atoms with Crippen molar-refractivity contribution in [3.8, 4) is 11.3 Å². The van der Waals surface area contributed by atoms with E-state index in [-0.39, 0.29) is 18.6 Å². The molecule has 0 unspecified atom stereocenters. The molecule has 0 radical (unpaired) electrons. The van der Waals surface area contributed by atoms with Gasteiger partial charge in [0.15, 0.2) is 0 Å². The molecule has 0 spiro atoms. The van der Waals surface area contributed by atoms with Crippen LogP contribution < -0.4 is 5.32 Å². The third kappa shape index (κ3) is 4.90. The maximum atomic E-state index is 12.4. The van der Waals surface area contributed by atoms with Crippen LogP contribution in [0.2, 0.25) is 0 Å². The summed E-state index contributed by atoms with van der Waals surface area (Å²) in [6.45, 7) is 6.39. The van der Waals surface area contributed by atoms with Crippen LogP contribution in [0.5, 0.6) is 0 Å². The lowest BCUT2D eigenvalue weighted by molar-refractivity contribution is 0.0849. The van der Waals surface area contributed by atoms with E-state index in [2.05, 4.69) is 20.2 Å². The van der Waals surface area contributed by atoms with E-state index in [0.717, 1.165) is 48.6 Å². The number of piperidine rings is 1. The van der Waals surface area contributed by atoms with Gasteiger partial charge in [-0.15, -0.1) is 0 Å². The van der Waals surface area contributed by atoms with E-state index in [4.69, 9.17) is 0 Å². The molecule has 1 aliphatic heterocycles. The second-order valence-corrected chi connectivity index (χ2v) is 7.15. The molecule has 1 atom stereocenters. The summed E-state index contributed by atoms with van der Waals surface area (Å²) in [7, 11) is 0. The lowest BCUT2D eigenvalue weighted by Crippen LogP contribution is -2.45. The zero-order chi connectivity index (χ0) is 19.2. The van der Waals surface area contributed by atoms with Crippen molar-refractivity contribution in [1.29, 1.82) is 0 Å². The van der Waals surface area contributed by atoms with E-state index in [1.807, 2.05) is 38.1 Å². The van der Waals surface area contributed by atoms with E-state index in [0.29, 0.717) is 12.1 Å². The van der Waals surface area contributed by atoms with Gasteiger partial charge >= 0.3 is 0 Å². The third-order valence-electron chi connectivity index (χ3n) is 5.14. The first-order chi connectivity index (χ1) is 13.1. The van der Waals surface area contributed by atoms with E-state index in [1.54, 1.807) is 6.20 Å². The van der Waals surface area contributed by atoms with Crippen molar-refractivity contribution in [3.63, 3.8) is 0 Å². The molecule has 1 aliphatic rings. The van der Waals surface area contributed by atoms with Gasteiger partial charge in [-0.25, -0.2) is 4.98 Å². The fourth-order valence-electron chi connectivity index (χ4n) is 3.57. The molecular weight excluding hydrogens is 340 g/mol. The number of aliphatic hydroxyl groups excluding tert-OH is 1. The summed E-state index contributed by atoms with van der Waals surface area (Å²) < 4.78 is 0. The summed E-state index contributed by atoms with van der Waals surface area (Å²) in [5, 5.41) is 12.4. The van der Waals surface area contributed by atoms with Gasteiger partial charge in [0.05, 0.1) is 23.7 Å². The minimum atomic E-state index is -0.0776. The number of hydrogen-bond acceptors (Lipinski definition) is 5. The molecule has 1 saturated heterocycles. The molecule has 1 aromatic carbocycles. The first kappa shape index (κ1) is 19.5. The fraction of sp³-hybridized carbons (Fsp3) is 0.476. The molecule has 2 aromatic rings. The van der Waals surface area contributed by atoms with Crippen molar-refractivity contribution >= 4 is 5.91 Å². The molecule has 2 N–H and O–H groups in total. The highest BCUT2D eigenvalue weighted by Crippen LogP contribution is 2.20. The Labute approximate surface area is 160 Å². The summed E-state index contributed by atoms with van der Waals surface area (Å²) >= 11 is 0. The van der Waals surface area contributed by atoms with Gasteiger partial charge in [0, 0.05) is 36.5 Å². The number of nitrogens with zero attached hydrogens (tertiary/aromatic N) is 3. The number of likely N-dealkylation sites (tertiary alicyclic amines) is 1. The number of nitrogens with one attached hydrogen (secondary N) is 1. The van der Waals surface area contributed by atoms with Crippen LogP contribution in [0, 0.1) is 13.8 Å². The van der Waals surface area contributed by atoms with Crippen molar-refractivity contribution < 1.29 is 9.90 Å². The predicted octanol–water partition coefficient (Wildman–Crippen LogP) is 2.34. The summed E-state index contributed by atoms with van der Waals surface area (Å²) in [5.41, 5.74) is 4.19. The number of hydrogen-bond donors (Lipinski definition) is 2. The van der Waals surface area contributed by atoms with Gasteiger partial charge in [0.1, 0.15) is 0 Å². The number of carbonyl (C=O) groups excluding carboxylic acids is 1. The normalized spacial score (nSPS) is 17.7. The number of rotatable bonds is 6. The van der Waals surface area contributed by atoms with Gasteiger partial charge < -0.3 is 10.4 Å². The van der Waals surface area contributed by atoms with Crippen molar-refractivity contribution in [1.82, 2.24) is 20.2 Å². The van der Waals surface area contributed by atoms with Crippen molar-refractivity contribution in [2.45, 2.75) is 39.2 Å². The predicted molar refractivity (Wildman–Crippen MR) is 106 cm³/mol. The van der Waals surface area contributed by atoms with Crippen LogP contribution in [0.25, 0.3) is 11.3 Å². The highest BCUT2D eigenvalue weighted by Gasteiger charge is 2.21. The topological polar surface area (TPSA) is 78.4 Å². The zero-order valence-electron chi connectivity index (χ0n) is 16.1. The average Bonchev–Trinajstić information content (AvgIpc) is 2.70. The number of benzene rings is 1. The Morgan fingerprint density at radius 2 is 2.04 bits per heavy atom. The molecule has 1 fully saturated rings. The molecule has 0 bridgehead atoms. The maximum Gasteiger partial charge on any atom is 0.251 e. The van der Waals surface area contributed by atoms with Crippen LogP contribution in [0.4, 0.5) is 0 Å². The van der Waals surface area contributed by atoms with E-state index in [9.17, 15) is 9.90 Å². The summed E-state index contributed by atoms with van der Waals surface area (Å²) in [6.07, 6.45) is 5.12. The zero-order valence-corrected chi connectivity index (χ0v) is 16.1. The van der Waals surface area contributed by atoms with Gasteiger partial charge in [-0.3, -0.25) is 14.7 Å². The third-order valence-corrected chi connectivity index (χ3v) is 5.14. The van der Waals surface area contributed by atoms with Gasteiger partial charge in [0.2, 0.25) is 0 Å². The average molecular weight is 368 g/mol. The molecule has 6 heteroatoms. The lowest BCUT2D eigenvalue weighted by Gasteiger charge is -2.34. The number of aryl methyl sites for hydroxylation is 2. The number of amides is 1. The van der Waals surface area contributed by atoms with Crippen LogP contribution in [-0.4, -0.2) is 58.2 Å². The first-order valence-electron chi connectivity index (χ1n) is 9.62. The van der Waals surface area contributed by atoms with E-state index < -0.39 is 0 Å². The maximum absolute atomic E-state index is 12.4. The molecule has 27 heavy (non-hydrogen) atoms. The second kappa shape index (κ2) is 9.06. The second-order valence-electron chi connectivity index (χ2n) is 7.15. The smallest absolute Gasteiger partial charge is 0.251 e. The Morgan fingerprint density at radius 1 is 1.26 bits per heavy atom. The highest BCUT2D eigenvalue weighted by molar-refractivity contribution is 5.94. The first-order valence-corrected chi connectivity index (χ1v) is 9.62. The van der Waals surface area contributed by atoms with Gasteiger partial charge in [-0.05, 0) is 45.4 Å². The molecule has 6 nitrogen and oxygen atoms in total. The molecule has 0 aliphatic carbocycles. The summed E-state index contributed by atoms with van der Waals surface area (Å²) in [4.78, 5) is 23.6. The molecule has 2 heterocycles. The van der Waals surface area contributed by atoms with Crippen LogP contribution in [0.1, 0.15) is 41.0 Å². The fourth-order valence-corrected chi connectivity index (χ4v) is 3.57. The molecular formula is C21H28N4O2. The molecule has 1 amide bonds. The van der Waals surface area contributed by atoms with E-state index >= 15 is 0 Å². The molecule has 0 saturated carbocycles. The van der Waals surface area contributed by atoms with Gasteiger partial charge in [-0.2, -0.15) is 0 Å². The van der Waals surface area contributed by atoms with E-state index in [1.165, 1.54) is 6.42 Å². The lowest BCUT2D eigenvalue weighted by atomic mass is 10.0. The van der Waals surface area contributed by atoms with Crippen LogP contribution >= 0.6 is 0 Å². The Hall–Kier alpha value is -2.31. The highest BCUT2D eigenvalue weighted by atomic mass is 16.3. The SMILES string of the molecule is Cc1cnc(C)c(-c2ccc(C(=O)NCCN3CCCC[C@@H]3CO)cc2)n1. The summed E-state index contributed by atoms with van der Waals surface area (Å²) in [6, 6.07) is 7.71. The van der Waals surface area contributed by atoms with Gasteiger partial charge in [0.25, 0.3) is 5.91 Å². The monoisotopic (exact) mass is 368 g/mol. The molecule has 144 valence electrons. The van der Waals surface area contributed by atoms with Crippen molar-refractivity contribution in [2.24, 2.45) is 0 Å². The van der Waals surface area contributed by atoms with Crippen LogP contribution in [-0.2, 0) is 0 Å². The Kier molecular flexibility index (Phi) is 6.53. The molecule has 1 aromatic heterocycles. The minimum absolute atomic E-state index is 0.0776. The summed E-state index contributed by atoms with van der Waals surface area (Å²) in [5.74, 6) is -0.0776. The van der Waals surface area contributed by atoms with Crippen LogP contribution in [0.15, 0.2) is 30.5 Å². The Balaban J connectivity index is 1.57. The number of aromatic nitrogens is 2. The van der Waals surface area contributed by atoms with Crippen molar-refractivity contribution in [2.75, 3.05) is 26.2 Å². The Bertz CT molecular complexity index is 776. The quantitative estimate of drug-likeness (QED) is 0.818. The number of aliphatic hydroxyl groups is 1. The standard InChI is InChI=1S/C21H28N4O2/c1-15-13-23-16(2)20(24-15)17-6-8-18(9-7-17)21(27)22-10-12-25-11-4-3-5-19(25)14-26/h6-9,13,19,26H,3-5,10-12,14H2,1-2H3,(H,22,27)/t19-/m1/s1. The van der Waals surface area contributed by atoms with Crippen molar-refractivity contribution in [3.05, 3.63) is 47.4 Å². The minimum Gasteiger partial charge on any atom is -0.395 e. The largest absolute Gasteiger partial charge is 0.395 e. The molecule has 3 rings (SSSR count). The van der Waals surface area contributed by atoms with Crippen LogP contribution in [0.3, 0.4) is 0 Å². The Morgan fingerprint density at radius 3 is 2.78 bits per heavy atom.